The van der Waals surface area contributed by atoms with Crippen LogP contribution in [-0.4, -0.2) is 4.98 Å². The molecule has 2 aromatic heterocycles. The fourth-order valence-corrected chi connectivity index (χ4v) is 5.27. The molecule has 2 heteroatoms. The van der Waals surface area contributed by atoms with Crippen molar-refractivity contribution in [3.63, 3.8) is 0 Å². The Labute approximate surface area is 179 Å². The normalized spacial score (nSPS) is 14.8. The molecule has 0 aliphatic heterocycles. The van der Waals surface area contributed by atoms with Crippen molar-refractivity contribution in [2.45, 2.75) is 59.8 Å². The van der Waals surface area contributed by atoms with E-state index in [9.17, 15) is 0 Å². The van der Waals surface area contributed by atoms with Gasteiger partial charge in [0.05, 0.1) is 11.1 Å². The van der Waals surface area contributed by atoms with Crippen LogP contribution in [0, 0.1) is 11.8 Å². The molecule has 4 aromatic rings. The largest absolute Gasteiger partial charge is 0.455 e. The predicted molar refractivity (Wildman–Crippen MR) is 126 cm³/mol. The van der Waals surface area contributed by atoms with Crippen LogP contribution in [-0.2, 0) is 18.3 Å². The van der Waals surface area contributed by atoms with Crippen LogP contribution in [0.2, 0.25) is 0 Å². The number of furan rings is 1. The third kappa shape index (κ3) is 2.73. The minimum Gasteiger partial charge on any atom is -0.455 e. The number of fused-ring (bicyclic) bond motifs is 2. The molecule has 2 heterocycles. The lowest BCUT2D eigenvalue weighted by atomic mass is 9.75. The second-order valence-corrected chi connectivity index (χ2v) is 10.3. The van der Waals surface area contributed by atoms with Crippen LogP contribution in [0.4, 0.5) is 0 Å². The van der Waals surface area contributed by atoms with Crippen molar-refractivity contribution in [2.75, 3.05) is 0 Å². The van der Waals surface area contributed by atoms with E-state index in [2.05, 4.69) is 84.1 Å². The summed E-state index contributed by atoms with van der Waals surface area (Å²) in [7, 11) is 0. The minimum atomic E-state index is -0.124. The molecule has 0 bridgehead atoms. The lowest BCUT2D eigenvalue weighted by molar-refractivity contribution is 0.605. The topological polar surface area (TPSA) is 26.0 Å². The Morgan fingerprint density at radius 2 is 1.47 bits per heavy atom. The van der Waals surface area contributed by atoms with Crippen LogP contribution in [0.3, 0.4) is 0 Å². The van der Waals surface area contributed by atoms with Gasteiger partial charge in [-0.05, 0) is 41.4 Å². The summed E-state index contributed by atoms with van der Waals surface area (Å²) in [6.45, 7) is 13.7. The molecule has 0 radical (unpaired) electrons. The van der Waals surface area contributed by atoms with Crippen molar-refractivity contribution >= 4 is 21.9 Å². The fourth-order valence-electron chi connectivity index (χ4n) is 5.27. The first kappa shape index (κ1) is 19.4. The van der Waals surface area contributed by atoms with E-state index >= 15 is 0 Å². The van der Waals surface area contributed by atoms with Gasteiger partial charge in [0.2, 0.25) is 0 Å². The van der Waals surface area contributed by atoms with Crippen molar-refractivity contribution in [3.05, 3.63) is 64.8 Å². The second kappa shape index (κ2) is 6.70. The predicted octanol–water partition coefficient (Wildman–Crippen LogP) is 7.68. The van der Waals surface area contributed by atoms with E-state index in [0.717, 1.165) is 29.7 Å². The molecule has 0 N–H and O–H groups in total. The van der Waals surface area contributed by atoms with Crippen molar-refractivity contribution in [3.8, 4) is 11.3 Å². The summed E-state index contributed by atoms with van der Waals surface area (Å²) in [5.74, 6) is 1.13. The average Bonchev–Trinajstić information content (AvgIpc) is 3.06. The van der Waals surface area contributed by atoms with Crippen LogP contribution >= 0.6 is 0 Å². The molecule has 154 valence electrons. The zero-order valence-corrected chi connectivity index (χ0v) is 19.0. The van der Waals surface area contributed by atoms with E-state index in [1.165, 1.54) is 38.6 Å². The van der Waals surface area contributed by atoms with Gasteiger partial charge in [-0.15, -0.1) is 0 Å². The van der Waals surface area contributed by atoms with Gasteiger partial charge >= 0.3 is 0 Å². The van der Waals surface area contributed by atoms with Crippen LogP contribution in [0.5, 0.6) is 0 Å². The Hall–Kier alpha value is -2.61. The monoisotopic (exact) mass is 397 g/mol. The highest BCUT2D eigenvalue weighted by molar-refractivity contribution is 6.16. The van der Waals surface area contributed by atoms with Gasteiger partial charge in [0.25, 0.3) is 0 Å². The Bertz CT molecular complexity index is 1270. The molecular weight excluding hydrogens is 366 g/mol. The molecule has 0 fully saturated rings. The van der Waals surface area contributed by atoms with Gasteiger partial charge in [-0.3, -0.25) is 4.98 Å². The fraction of sp³-hybridized carbons (Fsp3) is 0.393. The number of nitrogens with zero attached hydrogens (tertiary/aromatic N) is 1. The summed E-state index contributed by atoms with van der Waals surface area (Å²) < 4.78 is 6.74. The van der Waals surface area contributed by atoms with Crippen molar-refractivity contribution in [2.24, 2.45) is 11.8 Å². The summed E-state index contributed by atoms with van der Waals surface area (Å²) >= 11 is 0. The summed E-state index contributed by atoms with van der Waals surface area (Å²) in [4.78, 5) is 5.04. The molecule has 0 unspecified atom stereocenters. The second-order valence-electron chi connectivity index (χ2n) is 10.3. The maximum absolute atomic E-state index is 6.74. The Kier molecular flexibility index (Phi) is 4.32. The molecule has 0 atom stereocenters. The lowest BCUT2D eigenvalue weighted by Gasteiger charge is -2.28. The molecule has 5 rings (SSSR count). The quantitative estimate of drug-likeness (QED) is 0.353. The first-order valence-electron chi connectivity index (χ1n) is 11.2. The van der Waals surface area contributed by atoms with E-state index in [1.807, 2.05) is 0 Å². The lowest BCUT2D eigenvalue weighted by Crippen LogP contribution is -2.19. The molecule has 0 spiro atoms. The molecule has 1 aliphatic carbocycles. The molecule has 30 heavy (non-hydrogen) atoms. The van der Waals surface area contributed by atoms with Gasteiger partial charge in [-0.2, -0.15) is 0 Å². The molecule has 2 aromatic carbocycles. The van der Waals surface area contributed by atoms with Crippen LogP contribution < -0.4 is 0 Å². The van der Waals surface area contributed by atoms with E-state index in [1.54, 1.807) is 0 Å². The maximum Gasteiger partial charge on any atom is 0.142 e. The van der Waals surface area contributed by atoms with Gasteiger partial charge in [0.1, 0.15) is 11.2 Å². The Morgan fingerprint density at radius 1 is 0.800 bits per heavy atom. The summed E-state index contributed by atoms with van der Waals surface area (Å²) in [6, 6.07) is 13.4. The summed E-state index contributed by atoms with van der Waals surface area (Å²) in [6.07, 6.45) is 4.05. The molecule has 0 saturated carbocycles. The smallest absolute Gasteiger partial charge is 0.142 e. The van der Waals surface area contributed by atoms with Gasteiger partial charge in [-0.1, -0.05) is 77.9 Å². The maximum atomic E-state index is 6.74. The van der Waals surface area contributed by atoms with E-state index in [-0.39, 0.29) is 5.41 Å². The first-order valence-corrected chi connectivity index (χ1v) is 11.2. The van der Waals surface area contributed by atoms with Crippen LogP contribution in [0.15, 0.2) is 47.0 Å². The number of pyridine rings is 1. The zero-order chi connectivity index (χ0) is 21.2. The molecule has 2 nitrogen and oxygen atoms in total. The summed E-state index contributed by atoms with van der Waals surface area (Å²) in [5, 5.41) is 2.49. The summed E-state index contributed by atoms with van der Waals surface area (Å²) in [5.41, 5.74) is 9.49. The van der Waals surface area contributed by atoms with Crippen molar-refractivity contribution in [1.29, 1.82) is 0 Å². The van der Waals surface area contributed by atoms with Gasteiger partial charge in [0.15, 0.2) is 0 Å². The van der Waals surface area contributed by atoms with E-state index in [4.69, 9.17) is 9.40 Å². The highest BCUT2D eigenvalue weighted by atomic mass is 16.3. The Morgan fingerprint density at radius 3 is 2.20 bits per heavy atom. The highest BCUT2D eigenvalue weighted by Gasteiger charge is 2.35. The van der Waals surface area contributed by atoms with Crippen molar-refractivity contribution < 1.29 is 4.42 Å². The minimum absolute atomic E-state index is 0.124. The molecule has 0 saturated heterocycles. The van der Waals surface area contributed by atoms with E-state index < -0.39 is 0 Å². The van der Waals surface area contributed by atoms with E-state index in [0.29, 0.717) is 11.8 Å². The van der Waals surface area contributed by atoms with Crippen LogP contribution in [0.1, 0.15) is 63.8 Å². The number of aromatic nitrogens is 1. The molecule has 1 aliphatic rings. The third-order valence-electron chi connectivity index (χ3n) is 6.58. The van der Waals surface area contributed by atoms with Gasteiger partial charge < -0.3 is 4.42 Å². The highest BCUT2D eigenvalue weighted by Crippen LogP contribution is 2.50. The molecular formula is C28H31NO. The third-order valence-corrected chi connectivity index (χ3v) is 6.58. The van der Waals surface area contributed by atoms with Crippen LogP contribution in [0.25, 0.3) is 33.2 Å². The number of benzene rings is 2. The average molecular weight is 398 g/mol. The number of rotatable bonds is 4. The number of hydrogen-bond acceptors (Lipinski definition) is 2. The van der Waals surface area contributed by atoms with Gasteiger partial charge in [0, 0.05) is 28.1 Å². The SMILES string of the molecule is CC(C)Cc1ccc2c3c1oc1c(CC(C)C)cnc(c13)-c1ccccc1C2(C)C. The van der Waals surface area contributed by atoms with Gasteiger partial charge in [-0.25, -0.2) is 0 Å². The first-order chi connectivity index (χ1) is 14.3. The molecule has 0 amide bonds. The number of hydrogen-bond donors (Lipinski definition) is 0. The van der Waals surface area contributed by atoms with Crippen molar-refractivity contribution in [1.82, 2.24) is 4.98 Å². The Balaban J connectivity index is 1.99. The zero-order valence-electron chi connectivity index (χ0n) is 19.0. The standard InChI is InChI=1S/C28H31NO/c1-16(2)13-18-11-12-22-23-24-25(20-9-7-8-10-21(20)28(22,5)6)29-15-19(14-17(3)4)27(24)30-26(18)23/h7-12,15-17H,13-14H2,1-6H3.